The third-order valence-electron chi connectivity index (χ3n) is 12.6. The van der Waals surface area contributed by atoms with Crippen molar-refractivity contribution in [3.05, 3.63) is 63.7 Å². The minimum Gasteiger partial charge on any atom is -0.495 e. The summed E-state index contributed by atoms with van der Waals surface area (Å²) in [6.07, 6.45) is 0.499. The van der Waals surface area contributed by atoms with Gasteiger partial charge in [0.05, 0.1) is 23.5 Å². The number of fused-ring (bicyclic) bond motifs is 4. The van der Waals surface area contributed by atoms with E-state index < -0.39 is 47.6 Å². The number of anilines is 2. The predicted molar refractivity (Wildman–Crippen MR) is 206 cm³/mol. The normalized spacial score (nSPS) is 34.3. The quantitative estimate of drug-likeness (QED) is 0.248. The molecule has 3 heterocycles. The van der Waals surface area contributed by atoms with Crippen LogP contribution in [0.4, 0.5) is 11.4 Å². The number of ether oxygens (including phenoxy) is 3. The van der Waals surface area contributed by atoms with Gasteiger partial charge in [-0.3, -0.25) is 29.7 Å². The molecule has 2 aromatic carbocycles. The van der Waals surface area contributed by atoms with Gasteiger partial charge in [-0.2, -0.15) is 0 Å². The fraction of sp³-hybridized carbons (Fsp3) is 0.600. The Kier molecular flexibility index (Phi) is 10.9. The Morgan fingerprint density at radius 1 is 1.09 bits per heavy atom. The SMILES string of the molecule is COc1ccc(Cl)cc1N1CCN(CC(C)[C@@H]2CC[C@@H](C)[C@@]3(O)[C@@H]2C=C(C)[C@@H](OC(C)=O)[C@@H]3OC(=O)[C@@H]2C[C@@]3(O)c4cccc(Cl)c4N(C)O[C@H]3N2)CC1. The summed E-state index contributed by atoms with van der Waals surface area (Å²) < 4.78 is 17.8. The molecule has 0 bridgehead atoms. The van der Waals surface area contributed by atoms with Gasteiger partial charge in [-0.25, -0.2) is 0 Å². The molecule has 1 unspecified atom stereocenters. The van der Waals surface area contributed by atoms with Crippen LogP contribution < -0.4 is 20.0 Å². The number of aliphatic hydroxyl groups is 2. The average molecular weight is 788 g/mol. The minimum absolute atomic E-state index is 0.0497. The smallest absolute Gasteiger partial charge is 0.323 e. The van der Waals surface area contributed by atoms with E-state index in [9.17, 15) is 19.8 Å². The van der Waals surface area contributed by atoms with Gasteiger partial charge in [0.25, 0.3) is 0 Å². The first-order chi connectivity index (χ1) is 25.6. The van der Waals surface area contributed by atoms with Crippen LogP contribution in [-0.4, -0.2) is 104 Å². The van der Waals surface area contributed by atoms with Crippen LogP contribution in [0.5, 0.6) is 5.75 Å². The largest absolute Gasteiger partial charge is 0.495 e. The van der Waals surface area contributed by atoms with Gasteiger partial charge < -0.3 is 29.3 Å². The summed E-state index contributed by atoms with van der Waals surface area (Å²) in [7, 11) is 3.36. The van der Waals surface area contributed by atoms with E-state index in [0.717, 1.165) is 56.2 Å². The molecular weight excluding hydrogens is 735 g/mol. The van der Waals surface area contributed by atoms with Crippen molar-refractivity contribution in [1.29, 1.82) is 0 Å². The molecule has 54 heavy (non-hydrogen) atoms. The van der Waals surface area contributed by atoms with E-state index in [2.05, 4.69) is 22.0 Å². The number of para-hydroxylation sites is 1. The van der Waals surface area contributed by atoms with Crippen molar-refractivity contribution in [3.8, 4) is 5.75 Å². The first-order valence-electron chi connectivity index (χ1n) is 18.9. The van der Waals surface area contributed by atoms with E-state index in [-0.39, 0.29) is 30.1 Å². The van der Waals surface area contributed by atoms with Crippen molar-refractivity contribution in [1.82, 2.24) is 10.2 Å². The number of rotatable bonds is 8. The van der Waals surface area contributed by atoms with E-state index in [0.29, 0.717) is 27.7 Å². The van der Waals surface area contributed by atoms with Crippen molar-refractivity contribution in [2.24, 2.45) is 23.7 Å². The third kappa shape index (κ3) is 6.86. The molecule has 2 saturated heterocycles. The Labute approximate surface area is 327 Å². The molecule has 12 nitrogen and oxygen atoms in total. The Morgan fingerprint density at radius 2 is 1.83 bits per heavy atom. The van der Waals surface area contributed by atoms with E-state index in [1.165, 1.54) is 12.0 Å². The maximum Gasteiger partial charge on any atom is 0.323 e. The number of halogens is 2. The second-order valence-electron chi connectivity index (χ2n) is 15.9. The zero-order valence-corrected chi connectivity index (χ0v) is 33.3. The van der Waals surface area contributed by atoms with E-state index in [4.69, 9.17) is 42.3 Å². The molecule has 10 atom stereocenters. The van der Waals surface area contributed by atoms with E-state index in [1.807, 2.05) is 38.1 Å². The molecule has 0 amide bonds. The fourth-order valence-corrected chi connectivity index (χ4v) is 10.2. The second-order valence-corrected chi connectivity index (χ2v) is 16.7. The Morgan fingerprint density at radius 3 is 2.54 bits per heavy atom. The summed E-state index contributed by atoms with van der Waals surface area (Å²) in [5, 5.41) is 30.6. The lowest BCUT2D eigenvalue weighted by Crippen LogP contribution is -2.66. The molecule has 0 spiro atoms. The summed E-state index contributed by atoms with van der Waals surface area (Å²) in [5.74, 6) is -0.764. The highest BCUT2D eigenvalue weighted by atomic mass is 35.5. The highest BCUT2D eigenvalue weighted by Gasteiger charge is 2.62. The molecule has 2 aliphatic carbocycles. The lowest BCUT2D eigenvalue weighted by Gasteiger charge is -2.56. The number of methoxy groups -OCH3 is 1. The zero-order valence-electron chi connectivity index (χ0n) is 31.8. The molecular formula is C40H52Cl2N4O8. The number of nitrogens with one attached hydrogen (secondary N) is 1. The minimum atomic E-state index is -1.57. The van der Waals surface area contributed by atoms with Crippen LogP contribution in [-0.2, 0) is 29.5 Å². The average Bonchev–Trinajstić information content (AvgIpc) is 3.48. The van der Waals surface area contributed by atoms with Crippen molar-refractivity contribution in [2.75, 3.05) is 56.8 Å². The summed E-state index contributed by atoms with van der Waals surface area (Å²) in [4.78, 5) is 37.4. The summed E-state index contributed by atoms with van der Waals surface area (Å²) >= 11 is 12.8. The molecule has 2 aromatic rings. The molecule has 14 heteroatoms. The van der Waals surface area contributed by atoms with Gasteiger partial charge in [0.2, 0.25) is 0 Å². The number of benzene rings is 2. The molecule has 1 saturated carbocycles. The highest BCUT2D eigenvalue weighted by molar-refractivity contribution is 6.33. The molecule has 7 rings (SSSR count). The lowest BCUT2D eigenvalue weighted by molar-refractivity contribution is -0.225. The number of hydrogen-bond acceptors (Lipinski definition) is 12. The maximum absolute atomic E-state index is 14.2. The molecule has 3 fully saturated rings. The van der Waals surface area contributed by atoms with Gasteiger partial charge in [-0.05, 0) is 67.4 Å². The van der Waals surface area contributed by atoms with Crippen LogP contribution in [0.15, 0.2) is 48.0 Å². The Hall–Kier alpha value is -3.10. The fourth-order valence-electron chi connectivity index (χ4n) is 9.78. The van der Waals surface area contributed by atoms with Crippen LogP contribution >= 0.6 is 23.2 Å². The number of esters is 2. The summed E-state index contributed by atoms with van der Waals surface area (Å²) in [6, 6.07) is 9.93. The number of hydroxylamine groups is 1. The van der Waals surface area contributed by atoms with Gasteiger partial charge in [0.1, 0.15) is 23.0 Å². The number of hydrogen-bond donors (Lipinski definition) is 3. The third-order valence-corrected chi connectivity index (χ3v) is 13.2. The topological polar surface area (TPSA) is 133 Å². The second kappa shape index (κ2) is 15.1. The predicted octanol–water partition coefficient (Wildman–Crippen LogP) is 4.91. The number of piperazine rings is 1. The van der Waals surface area contributed by atoms with Crippen molar-refractivity contribution in [3.63, 3.8) is 0 Å². The first-order valence-corrected chi connectivity index (χ1v) is 19.7. The monoisotopic (exact) mass is 786 g/mol. The van der Waals surface area contributed by atoms with Gasteiger partial charge in [0, 0.05) is 69.6 Å². The summed E-state index contributed by atoms with van der Waals surface area (Å²) in [6.45, 7) is 11.6. The molecule has 294 valence electrons. The Balaban J connectivity index is 1.09. The molecule has 3 aliphatic heterocycles. The van der Waals surface area contributed by atoms with E-state index in [1.54, 1.807) is 32.4 Å². The molecule has 3 N–H and O–H groups in total. The Bertz CT molecular complexity index is 1790. The van der Waals surface area contributed by atoms with Gasteiger partial charge >= 0.3 is 11.9 Å². The number of carbonyl (C=O) groups is 2. The van der Waals surface area contributed by atoms with E-state index >= 15 is 0 Å². The summed E-state index contributed by atoms with van der Waals surface area (Å²) in [5.41, 5.74) is -0.315. The van der Waals surface area contributed by atoms with Gasteiger partial charge in [-0.15, -0.1) is 0 Å². The van der Waals surface area contributed by atoms with Crippen LogP contribution in [0.2, 0.25) is 10.0 Å². The van der Waals surface area contributed by atoms with Gasteiger partial charge in [-0.1, -0.05) is 55.3 Å². The number of nitrogens with zero attached hydrogens (tertiary/aromatic N) is 3. The lowest BCUT2D eigenvalue weighted by atomic mass is 9.55. The van der Waals surface area contributed by atoms with Crippen LogP contribution in [0, 0.1) is 23.7 Å². The molecule has 0 aromatic heterocycles. The number of carbonyl (C=O) groups excluding carboxylic acids is 2. The highest BCUT2D eigenvalue weighted by Crippen LogP contribution is 2.53. The van der Waals surface area contributed by atoms with Crippen molar-refractivity contribution in [2.45, 2.75) is 82.6 Å². The van der Waals surface area contributed by atoms with Crippen molar-refractivity contribution < 1.29 is 38.9 Å². The zero-order chi connectivity index (χ0) is 38.7. The van der Waals surface area contributed by atoms with Crippen LogP contribution in [0.1, 0.15) is 52.5 Å². The van der Waals surface area contributed by atoms with Crippen LogP contribution in [0.25, 0.3) is 0 Å². The van der Waals surface area contributed by atoms with Crippen molar-refractivity contribution >= 4 is 46.5 Å². The molecule has 5 aliphatic rings. The standard InChI is InChI=1S/C40H52Cl2N4O8/c1-22-18-29-27(23(2)21-45-14-16-46(17-15-45)32-19-26(41)11-13-33(32)51-6)12-10-24(3)40(29,50)36(35(22)52-25(4)47)53-37(48)31-20-39(49)28-8-7-9-30(42)34(28)44(5)54-38(39)43-31/h7-9,11,13,18-19,23-24,27,29,31,35-36,38,43,49-50H,10,12,14-17,20-21H2,1-6H3/t23?,24-,27+,29-,31+,35-,36+,38-,39-,40-/m1/s1. The van der Waals surface area contributed by atoms with Crippen LogP contribution in [0.3, 0.4) is 0 Å². The van der Waals surface area contributed by atoms with Gasteiger partial charge in [0.15, 0.2) is 18.4 Å². The maximum atomic E-state index is 14.2. The molecule has 0 radical (unpaired) electrons. The first kappa shape index (κ1) is 39.1.